The van der Waals surface area contributed by atoms with Gasteiger partial charge in [-0.1, -0.05) is 0 Å². The Morgan fingerprint density at radius 1 is 1.38 bits per heavy atom. The van der Waals surface area contributed by atoms with Gasteiger partial charge in [-0.25, -0.2) is 0 Å². The Kier molecular flexibility index (Phi) is 2.30. The molecule has 2 N–H and O–H groups in total. The number of ether oxygens (including phenoxy) is 1. The maximum atomic E-state index is 10.9. The van der Waals surface area contributed by atoms with Crippen LogP contribution in [0.15, 0.2) is 0 Å². The van der Waals surface area contributed by atoms with E-state index < -0.39 is 11.1 Å². The number of nitrogen functional groups attached to an aromatic ring is 1. The Labute approximate surface area is 78.4 Å². The van der Waals surface area contributed by atoms with Gasteiger partial charge in [0.2, 0.25) is 11.6 Å². The SMILES string of the molecule is Nc1n[s+]([O-])nc1N1CCOCC1. The van der Waals surface area contributed by atoms with Gasteiger partial charge in [-0.05, 0) is 0 Å². The van der Waals surface area contributed by atoms with E-state index in [1.807, 2.05) is 4.90 Å². The first kappa shape index (κ1) is 8.67. The molecule has 1 fully saturated rings. The van der Waals surface area contributed by atoms with E-state index in [1.165, 1.54) is 0 Å². The summed E-state index contributed by atoms with van der Waals surface area (Å²) in [5, 5.41) is 0. The smallest absolute Gasteiger partial charge is 0.235 e. The Morgan fingerprint density at radius 2 is 2.08 bits per heavy atom. The maximum Gasteiger partial charge on any atom is 0.235 e. The summed E-state index contributed by atoms with van der Waals surface area (Å²) in [4.78, 5) is 1.94. The third-order valence-corrected chi connectivity index (χ3v) is 2.56. The van der Waals surface area contributed by atoms with Crippen molar-refractivity contribution in [2.75, 3.05) is 36.9 Å². The second-order valence-electron chi connectivity index (χ2n) is 2.72. The molecule has 7 heteroatoms. The second kappa shape index (κ2) is 3.44. The van der Waals surface area contributed by atoms with Crippen molar-refractivity contribution in [3.8, 4) is 0 Å². The monoisotopic (exact) mass is 202 g/mol. The van der Waals surface area contributed by atoms with Crippen molar-refractivity contribution >= 4 is 22.8 Å². The molecule has 1 atom stereocenters. The van der Waals surface area contributed by atoms with Crippen LogP contribution in [-0.4, -0.2) is 39.6 Å². The van der Waals surface area contributed by atoms with Crippen molar-refractivity contribution in [2.24, 2.45) is 0 Å². The lowest BCUT2D eigenvalue weighted by atomic mass is 10.4. The van der Waals surface area contributed by atoms with Gasteiger partial charge in [0.05, 0.1) is 13.2 Å². The quantitative estimate of drug-likeness (QED) is 0.625. The average molecular weight is 202 g/mol. The molecule has 72 valence electrons. The van der Waals surface area contributed by atoms with E-state index in [0.717, 1.165) is 13.1 Å². The summed E-state index contributed by atoms with van der Waals surface area (Å²) in [6, 6.07) is 0. The number of nitrogens with two attached hydrogens (primary N) is 1. The van der Waals surface area contributed by atoms with Gasteiger partial charge in [-0.2, -0.15) is 0 Å². The van der Waals surface area contributed by atoms with E-state index in [2.05, 4.69) is 8.75 Å². The van der Waals surface area contributed by atoms with Crippen LogP contribution in [0.3, 0.4) is 0 Å². The lowest BCUT2D eigenvalue weighted by Gasteiger charge is -2.25. The van der Waals surface area contributed by atoms with Crippen LogP contribution in [0.5, 0.6) is 0 Å². The van der Waals surface area contributed by atoms with Crippen molar-refractivity contribution in [1.82, 2.24) is 8.75 Å². The molecule has 0 aromatic carbocycles. The number of anilines is 2. The molecule has 0 amide bonds. The predicted molar refractivity (Wildman–Crippen MR) is 48.1 cm³/mol. The summed E-state index contributed by atoms with van der Waals surface area (Å²) >= 11 is -1.52. The number of hydrogen-bond acceptors (Lipinski definition) is 6. The highest BCUT2D eigenvalue weighted by Gasteiger charge is 2.21. The Hall–Kier alpha value is -0.920. The van der Waals surface area contributed by atoms with Gasteiger partial charge in [0.1, 0.15) is 0 Å². The molecule has 6 nitrogen and oxygen atoms in total. The molecular formula is C6H10N4O2S. The van der Waals surface area contributed by atoms with Gasteiger partial charge in [0.15, 0.2) is 11.1 Å². The summed E-state index contributed by atoms with van der Waals surface area (Å²) in [5.74, 6) is 0.807. The van der Waals surface area contributed by atoms with E-state index in [4.69, 9.17) is 10.5 Å². The van der Waals surface area contributed by atoms with Crippen molar-refractivity contribution in [2.45, 2.75) is 0 Å². The molecule has 2 rings (SSSR count). The van der Waals surface area contributed by atoms with Crippen molar-refractivity contribution in [3.63, 3.8) is 0 Å². The maximum absolute atomic E-state index is 10.9. The van der Waals surface area contributed by atoms with Gasteiger partial charge in [-0.15, -0.1) is 0 Å². The van der Waals surface area contributed by atoms with Gasteiger partial charge in [0, 0.05) is 21.8 Å². The molecule has 2 heterocycles. The number of morpholine rings is 1. The fraction of sp³-hybridized carbons (Fsp3) is 0.667. The van der Waals surface area contributed by atoms with Crippen LogP contribution >= 0.6 is 11.1 Å². The molecule has 13 heavy (non-hydrogen) atoms. The zero-order chi connectivity index (χ0) is 9.26. The van der Waals surface area contributed by atoms with Crippen molar-refractivity contribution in [1.29, 1.82) is 0 Å². The van der Waals surface area contributed by atoms with Crippen LogP contribution in [0.2, 0.25) is 0 Å². The first-order chi connectivity index (χ1) is 6.27. The fourth-order valence-electron chi connectivity index (χ4n) is 1.26. The predicted octanol–water partition coefficient (Wildman–Crippen LogP) is -0.377. The number of rotatable bonds is 1. The minimum absolute atomic E-state index is 0.264. The van der Waals surface area contributed by atoms with Gasteiger partial charge in [-0.3, -0.25) is 0 Å². The van der Waals surface area contributed by atoms with Crippen LogP contribution in [0.1, 0.15) is 0 Å². The molecule has 0 spiro atoms. The summed E-state index contributed by atoms with van der Waals surface area (Å²) in [7, 11) is 0. The third-order valence-electron chi connectivity index (χ3n) is 1.88. The van der Waals surface area contributed by atoms with Gasteiger partial charge in [0.25, 0.3) is 0 Å². The number of nitrogens with zero attached hydrogens (tertiary/aromatic N) is 3. The summed E-state index contributed by atoms with van der Waals surface area (Å²) in [6.45, 7) is 2.76. The summed E-state index contributed by atoms with van der Waals surface area (Å²) in [6.07, 6.45) is 0. The topological polar surface area (TPSA) is 87.3 Å². The molecule has 0 aliphatic carbocycles. The first-order valence-corrected chi connectivity index (χ1v) is 5.01. The fourth-order valence-corrected chi connectivity index (χ4v) is 1.91. The Bertz CT molecular complexity index is 297. The molecule has 0 bridgehead atoms. The standard InChI is InChI=1S/C6H10N4O2S/c7-5-6(9-13(11)8-5)10-1-3-12-4-2-10/h1-4H2,(H2,7,8). The van der Waals surface area contributed by atoms with Crippen molar-refractivity contribution < 1.29 is 9.29 Å². The van der Waals surface area contributed by atoms with Crippen LogP contribution < -0.4 is 10.6 Å². The lowest BCUT2D eigenvalue weighted by Crippen LogP contribution is -2.36. The highest BCUT2D eigenvalue weighted by molar-refractivity contribution is 7.14. The second-order valence-corrected chi connectivity index (χ2v) is 3.55. The number of aromatic nitrogens is 2. The minimum Gasteiger partial charge on any atom is -0.546 e. The Balaban J connectivity index is 2.18. The van der Waals surface area contributed by atoms with E-state index in [-0.39, 0.29) is 5.82 Å². The van der Waals surface area contributed by atoms with Crippen molar-refractivity contribution in [3.05, 3.63) is 0 Å². The van der Waals surface area contributed by atoms with E-state index in [9.17, 15) is 4.55 Å². The molecule has 1 aromatic rings. The van der Waals surface area contributed by atoms with Crippen LogP contribution in [0, 0.1) is 0 Å². The normalized spacial score (nSPS) is 19.2. The largest absolute Gasteiger partial charge is 0.546 e. The molecule has 0 radical (unpaired) electrons. The van der Waals surface area contributed by atoms with E-state index in [1.54, 1.807) is 0 Å². The molecule has 1 aliphatic heterocycles. The molecular weight excluding hydrogens is 192 g/mol. The van der Waals surface area contributed by atoms with E-state index in [0.29, 0.717) is 19.0 Å². The van der Waals surface area contributed by atoms with Crippen LogP contribution in [0.25, 0.3) is 0 Å². The van der Waals surface area contributed by atoms with E-state index >= 15 is 0 Å². The third kappa shape index (κ3) is 1.71. The van der Waals surface area contributed by atoms with Gasteiger partial charge < -0.3 is 19.9 Å². The van der Waals surface area contributed by atoms with Crippen LogP contribution in [-0.2, 0) is 4.74 Å². The molecule has 1 aliphatic rings. The zero-order valence-corrected chi connectivity index (χ0v) is 7.79. The Morgan fingerprint density at radius 3 is 2.62 bits per heavy atom. The molecule has 1 unspecified atom stereocenters. The zero-order valence-electron chi connectivity index (χ0n) is 6.97. The minimum atomic E-state index is -1.52. The van der Waals surface area contributed by atoms with Gasteiger partial charge >= 0.3 is 0 Å². The average Bonchev–Trinajstić information content (AvgIpc) is 2.47. The highest BCUT2D eigenvalue weighted by Crippen LogP contribution is 2.23. The molecule has 1 saturated heterocycles. The summed E-state index contributed by atoms with van der Waals surface area (Å²) < 4.78 is 23.5. The lowest BCUT2D eigenvalue weighted by molar-refractivity contribution is 0.122. The van der Waals surface area contributed by atoms with Crippen LogP contribution in [0.4, 0.5) is 11.6 Å². The summed E-state index contributed by atoms with van der Waals surface area (Å²) in [5.41, 5.74) is 5.54. The number of hydrogen-bond donors (Lipinski definition) is 1. The highest BCUT2D eigenvalue weighted by atomic mass is 32.2. The first-order valence-electron chi connectivity index (χ1n) is 3.95. The molecule has 1 aromatic heterocycles. The molecule has 0 saturated carbocycles.